The molecule has 6 nitrogen and oxygen atoms in total. The second-order valence-electron chi connectivity index (χ2n) is 4.98. The number of aryl methyl sites for hydroxylation is 1. The fourth-order valence-corrected chi connectivity index (χ4v) is 2.44. The summed E-state index contributed by atoms with van der Waals surface area (Å²) in [5, 5.41) is 7.92. The van der Waals surface area contributed by atoms with E-state index in [1.807, 2.05) is 60.4 Å². The Morgan fingerprint density at radius 3 is 2.73 bits per heavy atom. The van der Waals surface area contributed by atoms with Gasteiger partial charge in [-0.3, -0.25) is 0 Å². The Balaban J connectivity index is 1.86. The number of rotatable bonds is 3. The average Bonchev–Trinajstić information content (AvgIpc) is 3.16. The molecule has 4 aromatic heterocycles. The van der Waals surface area contributed by atoms with Crippen LogP contribution in [0.15, 0.2) is 61.2 Å². The van der Waals surface area contributed by atoms with Crippen LogP contribution in [0.3, 0.4) is 0 Å². The SMILES string of the molecule is Cn1cccc1-c1cc(Nc2ccccn2)c2nccn2n1. The van der Waals surface area contributed by atoms with E-state index >= 15 is 0 Å². The quantitative estimate of drug-likeness (QED) is 0.630. The monoisotopic (exact) mass is 290 g/mol. The molecule has 0 aliphatic heterocycles. The van der Waals surface area contributed by atoms with Gasteiger partial charge in [0.1, 0.15) is 11.5 Å². The van der Waals surface area contributed by atoms with E-state index in [2.05, 4.69) is 20.4 Å². The van der Waals surface area contributed by atoms with Gasteiger partial charge in [0.2, 0.25) is 0 Å². The van der Waals surface area contributed by atoms with Gasteiger partial charge in [-0.1, -0.05) is 6.07 Å². The van der Waals surface area contributed by atoms with Gasteiger partial charge in [-0.2, -0.15) is 5.10 Å². The van der Waals surface area contributed by atoms with Crippen molar-refractivity contribution < 1.29 is 0 Å². The maximum atomic E-state index is 4.61. The van der Waals surface area contributed by atoms with Crippen LogP contribution in [0.4, 0.5) is 11.5 Å². The number of fused-ring (bicyclic) bond motifs is 1. The van der Waals surface area contributed by atoms with Crippen LogP contribution in [-0.4, -0.2) is 24.1 Å². The maximum absolute atomic E-state index is 4.61. The number of hydrogen-bond acceptors (Lipinski definition) is 4. The summed E-state index contributed by atoms with van der Waals surface area (Å²) in [6, 6.07) is 11.8. The van der Waals surface area contributed by atoms with Crippen molar-refractivity contribution in [2.75, 3.05) is 5.32 Å². The molecule has 0 aliphatic carbocycles. The summed E-state index contributed by atoms with van der Waals surface area (Å²) in [6.07, 6.45) is 7.33. The Labute approximate surface area is 127 Å². The van der Waals surface area contributed by atoms with Gasteiger partial charge in [0.25, 0.3) is 0 Å². The molecule has 0 bridgehead atoms. The highest BCUT2D eigenvalue weighted by Gasteiger charge is 2.11. The second-order valence-corrected chi connectivity index (χ2v) is 4.98. The zero-order chi connectivity index (χ0) is 14.9. The highest BCUT2D eigenvalue weighted by Crippen LogP contribution is 2.25. The molecule has 4 rings (SSSR count). The van der Waals surface area contributed by atoms with Crippen LogP contribution in [0.1, 0.15) is 0 Å². The molecule has 22 heavy (non-hydrogen) atoms. The van der Waals surface area contributed by atoms with E-state index in [4.69, 9.17) is 0 Å². The Kier molecular flexibility index (Phi) is 2.86. The number of pyridine rings is 1. The minimum atomic E-state index is 0.767. The van der Waals surface area contributed by atoms with Crippen LogP contribution in [0.5, 0.6) is 0 Å². The van der Waals surface area contributed by atoms with Gasteiger partial charge in [-0.25, -0.2) is 14.5 Å². The highest BCUT2D eigenvalue weighted by atomic mass is 15.3. The molecule has 0 saturated heterocycles. The minimum Gasteiger partial charge on any atom is -0.349 e. The van der Waals surface area contributed by atoms with Crippen molar-refractivity contribution >= 4 is 17.2 Å². The maximum Gasteiger partial charge on any atom is 0.177 e. The number of hydrogen-bond donors (Lipinski definition) is 1. The average molecular weight is 290 g/mol. The first-order valence-corrected chi connectivity index (χ1v) is 6.95. The lowest BCUT2D eigenvalue weighted by Crippen LogP contribution is -2.02. The smallest absolute Gasteiger partial charge is 0.177 e. The van der Waals surface area contributed by atoms with Crippen LogP contribution >= 0.6 is 0 Å². The standard InChI is InChI=1S/C16H14N6/c1-21-9-4-5-14(21)12-11-13(16-18-8-10-22(16)20-12)19-15-6-2-3-7-17-15/h2-11H,1H3,(H,17,19). The molecule has 0 amide bonds. The van der Waals surface area contributed by atoms with E-state index in [1.165, 1.54) is 0 Å². The van der Waals surface area contributed by atoms with Gasteiger partial charge in [-0.05, 0) is 30.3 Å². The lowest BCUT2D eigenvalue weighted by atomic mass is 10.2. The molecular formula is C16H14N6. The molecule has 1 N–H and O–H groups in total. The van der Waals surface area contributed by atoms with E-state index < -0.39 is 0 Å². The summed E-state index contributed by atoms with van der Waals surface area (Å²) in [4.78, 5) is 8.66. The summed E-state index contributed by atoms with van der Waals surface area (Å²) in [7, 11) is 2.00. The van der Waals surface area contributed by atoms with Crippen LogP contribution in [0.2, 0.25) is 0 Å². The third-order valence-electron chi connectivity index (χ3n) is 3.49. The Hall–Kier alpha value is -3.15. The zero-order valence-corrected chi connectivity index (χ0v) is 12.0. The second kappa shape index (κ2) is 5.00. The lowest BCUT2D eigenvalue weighted by molar-refractivity contribution is 0.896. The predicted octanol–water partition coefficient (Wildman–Crippen LogP) is 2.87. The predicted molar refractivity (Wildman–Crippen MR) is 84.9 cm³/mol. The van der Waals surface area contributed by atoms with E-state index in [0.29, 0.717) is 0 Å². The van der Waals surface area contributed by atoms with E-state index in [9.17, 15) is 0 Å². The summed E-state index contributed by atoms with van der Waals surface area (Å²) in [6.45, 7) is 0. The molecule has 0 radical (unpaired) electrons. The largest absolute Gasteiger partial charge is 0.349 e. The van der Waals surface area contributed by atoms with Gasteiger partial charge < -0.3 is 9.88 Å². The molecule has 4 heterocycles. The molecule has 0 atom stereocenters. The molecule has 0 aromatic carbocycles. The summed E-state index contributed by atoms with van der Waals surface area (Å²) >= 11 is 0. The number of nitrogens with zero attached hydrogens (tertiary/aromatic N) is 5. The number of imidazole rings is 1. The van der Waals surface area contributed by atoms with E-state index in [-0.39, 0.29) is 0 Å². The van der Waals surface area contributed by atoms with Crippen molar-refractivity contribution in [3.05, 3.63) is 61.2 Å². The summed E-state index contributed by atoms with van der Waals surface area (Å²) < 4.78 is 3.81. The molecule has 0 saturated carbocycles. The number of nitrogens with one attached hydrogen (secondary N) is 1. The highest BCUT2D eigenvalue weighted by molar-refractivity contribution is 5.76. The van der Waals surface area contributed by atoms with E-state index in [0.717, 1.165) is 28.5 Å². The first-order valence-electron chi connectivity index (χ1n) is 6.95. The Morgan fingerprint density at radius 1 is 1.00 bits per heavy atom. The Bertz CT molecular complexity index is 922. The van der Waals surface area contributed by atoms with Gasteiger partial charge in [0.15, 0.2) is 5.65 Å². The minimum absolute atomic E-state index is 0.767. The third-order valence-corrected chi connectivity index (χ3v) is 3.49. The molecule has 4 aromatic rings. The lowest BCUT2D eigenvalue weighted by Gasteiger charge is -2.10. The third kappa shape index (κ3) is 2.10. The molecule has 6 heteroatoms. The van der Waals surface area contributed by atoms with Gasteiger partial charge in [-0.15, -0.1) is 0 Å². The van der Waals surface area contributed by atoms with Crippen LogP contribution < -0.4 is 5.32 Å². The van der Waals surface area contributed by atoms with Crippen molar-refractivity contribution in [2.24, 2.45) is 7.05 Å². The summed E-state index contributed by atoms with van der Waals surface area (Å²) in [5.74, 6) is 0.774. The van der Waals surface area contributed by atoms with Crippen molar-refractivity contribution in [3.8, 4) is 11.4 Å². The normalized spacial score (nSPS) is 11.0. The van der Waals surface area contributed by atoms with Gasteiger partial charge in [0, 0.05) is 31.8 Å². The van der Waals surface area contributed by atoms with Crippen LogP contribution in [-0.2, 0) is 7.05 Å². The summed E-state index contributed by atoms with van der Waals surface area (Å²) in [5.41, 5.74) is 3.55. The van der Waals surface area contributed by atoms with Crippen molar-refractivity contribution in [1.82, 2.24) is 24.1 Å². The molecule has 108 valence electrons. The first-order chi connectivity index (χ1) is 10.8. The zero-order valence-electron chi connectivity index (χ0n) is 12.0. The molecule has 0 fully saturated rings. The fraction of sp³-hybridized carbons (Fsp3) is 0.0625. The van der Waals surface area contributed by atoms with Crippen molar-refractivity contribution in [1.29, 1.82) is 0 Å². The van der Waals surface area contributed by atoms with Gasteiger partial charge in [0.05, 0.1) is 11.4 Å². The molecule has 0 unspecified atom stereocenters. The van der Waals surface area contributed by atoms with Crippen molar-refractivity contribution in [3.63, 3.8) is 0 Å². The molecular weight excluding hydrogens is 276 g/mol. The topological polar surface area (TPSA) is 60.0 Å². The fourth-order valence-electron chi connectivity index (χ4n) is 2.44. The van der Waals surface area contributed by atoms with Crippen LogP contribution in [0.25, 0.3) is 17.0 Å². The number of anilines is 2. The van der Waals surface area contributed by atoms with Crippen LogP contribution in [0, 0.1) is 0 Å². The van der Waals surface area contributed by atoms with Crippen molar-refractivity contribution in [2.45, 2.75) is 0 Å². The van der Waals surface area contributed by atoms with Gasteiger partial charge >= 0.3 is 0 Å². The van der Waals surface area contributed by atoms with E-state index in [1.54, 1.807) is 16.9 Å². The molecule has 0 spiro atoms. The first kappa shape index (κ1) is 12.6. The molecule has 0 aliphatic rings. The Morgan fingerprint density at radius 2 is 1.95 bits per heavy atom. The number of aromatic nitrogens is 5.